The number of benzene rings is 2. The summed E-state index contributed by atoms with van der Waals surface area (Å²) in [4.78, 5) is 4.27. The van der Waals surface area contributed by atoms with Crippen molar-refractivity contribution < 1.29 is 13.9 Å². The van der Waals surface area contributed by atoms with Crippen molar-refractivity contribution in [2.24, 2.45) is 10.7 Å². The van der Waals surface area contributed by atoms with Crippen molar-refractivity contribution in [3.05, 3.63) is 53.3 Å². The first-order chi connectivity index (χ1) is 12.7. The average Bonchev–Trinajstić information content (AvgIpc) is 3.48. The number of anilines is 1. The SMILES string of the molecule is NC(=NCc1cc(C2CC2)ccc1F)Nc1ccc2c(c1)OCCCO2. The Morgan fingerprint density at radius 3 is 2.73 bits per heavy atom. The smallest absolute Gasteiger partial charge is 0.193 e. The summed E-state index contributed by atoms with van der Waals surface area (Å²) in [6.45, 7) is 1.47. The zero-order valence-corrected chi connectivity index (χ0v) is 14.5. The maximum atomic E-state index is 14.0. The van der Waals surface area contributed by atoms with Gasteiger partial charge in [0, 0.05) is 23.7 Å². The van der Waals surface area contributed by atoms with Crippen LogP contribution in [0.1, 0.15) is 36.3 Å². The molecule has 0 saturated heterocycles. The summed E-state index contributed by atoms with van der Waals surface area (Å²) in [5.41, 5.74) is 8.47. The van der Waals surface area contributed by atoms with E-state index < -0.39 is 0 Å². The minimum atomic E-state index is -0.249. The van der Waals surface area contributed by atoms with Crippen LogP contribution in [0.3, 0.4) is 0 Å². The number of nitrogens with two attached hydrogens (primary N) is 1. The third-order valence-electron chi connectivity index (χ3n) is 4.56. The summed E-state index contributed by atoms with van der Waals surface area (Å²) in [7, 11) is 0. The molecule has 0 spiro atoms. The number of fused-ring (bicyclic) bond motifs is 1. The van der Waals surface area contributed by atoms with Gasteiger partial charge in [-0.05, 0) is 42.5 Å². The van der Waals surface area contributed by atoms with Crippen LogP contribution >= 0.6 is 0 Å². The van der Waals surface area contributed by atoms with E-state index in [0.717, 1.165) is 17.9 Å². The Bertz CT molecular complexity index is 834. The van der Waals surface area contributed by atoms with Gasteiger partial charge in [0.05, 0.1) is 19.8 Å². The third kappa shape index (κ3) is 3.90. The fraction of sp³-hybridized carbons (Fsp3) is 0.350. The van der Waals surface area contributed by atoms with E-state index in [-0.39, 0.29) is 18.3 Å². The molecule has 0 aromatic heterocycles. The summed E-state index contributed by atoms with van der Waals surface area (Å²) in [5.74, 6) is 1.97. The predicted molar refractivity (Wildman–Crippen MR) is 99.4 cm³/mol. The van der Waals surface area contributed by atoms with Gasteiger partial charge >= 0.3 is 0 Å². The Balaban J connectivity index is 1.44. The van der Waals surface area contributed by atoms with Crippen LogP contribution in [0.5, 0.6) is 11.5 Å². The molecule has 0 radical (unpaired) electrons. The van der Waals surface area contributed by atoms with Gasteiger partial charge in [0.2, 0.25) is 0 Å². The minimum absolute atomic E-state index is 0.204. The lowest BCUT2D eigenvalue weighted by molar-refractivity contribution is 0.297. The molecule has 0 amide bonds. The summed E-state index contributed by atoms with van der Waals surface area (Å²) in [5, 5.41) is 3.02. The highest BCUT2D eigenvalue weighted by atomic mass is 19.1. The van der Waals surface area contributed by atoms with E-state index in [4.69, 9.17) is 15.2 Å². The average molecular weight is 355 g/mol. The number of aliphatic imine (C=N–C) groups is 1. The van der Waals surface area contributed by atoms with E-state index >= 15 is 0 Å². The lowest BCUT2D eigenvalue weighted by atomic mass is 10.1. The number of ether oxygens (including phenoxy) is 2. The Kier molecular flexibility index (Phi) is 4.65. The third-order valence-corrected chi connectivity index (χ3v) is 4.56. The van der Waals surface area contributed by atoms with E-state index in [1.165, 1.54) is 24.5 Å². The Morgan fingerprint density at radius 1 is 1.12 bits per heavy atom. The van der Waals surface area contributed by atoms with Gasteiger partial charge in [0.25, 0.3) is 0 Å². The second kappa shape index (κ2) is 7.23. The zero-order valence-electron chi connectivity index (χ0n) is 14.5. The molecule has 5 nitrogen and oxygen atoms in total. The summed E-state index contributed by atoms with van der Waals surface area (Å²) in [6, 6.07) is 10.8. The molecule has 2 aromatic carbocycles. The van der Waals surface area contributed by atoms with Gasteiger partial charge in [-0.3, -0.25) is 0 Å². The van der Waals surface area contributed by atoms with Crippen LogP contribution in [0.15, 0.2) is 41.4 Å². The molecule has 1 aliphatic carbocycles. The number of nitrogens with zero attached hydrogens (tertiary/aromatic N) is 1. The lowest BCUT2D eigenvalue weighted by Gasteiger charge is -2.11. The molecule has 1 aliphatic heterocycles. The number of rotatable bonds is 4. The van der Waals surface area contributed by atoms with E-state index in [0.29, 0.717) is 30.4 Å². The molecule has 4 rings (SSSR count). The molecular formula is C20H22FN3O2. The van der Waals surface area contributed by atoms with Crippen LogP contribution in [0.2, 0.25) is 0 Å². The van der Waals surface area contributed by atoms with Gasteiger partial charge in [-0.2, -0.15) is 0 Å². The van der Waals surface area contributed by atoms with Crippen molar-refractivity contribution in [1.29, 1.82) is 0 Å². The molecule has 3 N–H and O–H groups in total. The van der Waals surface area contributed by atoms with E-state index in [9.17, 15) is 4.39 Å². The second-order valence-corrected chi connectivity index (χ2v) is 6.66. The lowest BCUT2D eigenvalue weighted by Crippen LogP contribution is -2.22. The number of hydrogen-bond donors (Lipinski definition) is 2. The van der Waals surface area contributed by atoms with Crippen LogP contribution in [0, 0.1) is 5.82 Å². The molecule has 2 aromatic rings. The second-order valence-electron chi connectivity index (χ2n) is 6.66. The fourth-order valence-corrected chi connectivity index (χ4v) is 2.99. The normalized spacial score (nSPS) is 16.9. The van der Waals surface area contributed by atoms with Crippen molar-refractivity contribution in [1.82, 2.24) is 0 Å². The predicted octanol–water partition coefficient (Wildman–Crippen LogP) is 3.79. The maximum absolute atomic E-state index is 14.0. The molecule has 136 valence electrons. The van der Waals surface area contributed by atoms with Gasteiger partial charge in [0.1, 0.15) is 5.82 Å². The first-order valence-electron chi connectivity index (χ1n) is 8.94. The molecule has 6 heteroatoms. The van der Waals surface area contributed by atoms with Gasteiger partial charge in [-0.15, -0.1) is 0 Å². The van der Waals surface area contributed by atoms with Crippen molar-refractivity contribution in [2.45, 2.75) is 31.7 Å². The number of nitrogens with one attached hydrogen (secondary N) is 1. The molecule has 2 aliphatic rings. The molecule has 26 heavy (non-hydrogen) atoms. The van der Waals surface area contributed by atoms with Crippen molar-refractivity contribution in [3.8, 4) is 11.5 Å². The van der Waals surface area contributed by atoms with E-state index in [2.05, 4.69) is 10.3 Å². The number of hydrogen-bond acceptors (Lipinski definition) is 3. The van der Waals surface area contributed by atoms with Crippen LogP contribution in [0.4, 0.5) is 10.1 Å². The van der Waals surface area contributed by atoms with Crippen molar-refractivity contribution in [3.63, 3.8) is 0 Å². The van der Waals surface area contributed by atoms with Crippen molar-refractivity contribution in [2.75, 3.05) is 18.5 Å². The van der Waals surface area contributed by atoms with Crippen LogP contribution in [0.25, 0.3) is 0 Å². The highest BCUT2D eigenvalue weighted by Gasteiger charge is 2.24. The summed E-state index contributed by atoms with van der Waals surface area (Å²) < 4.78 is 25.3. The van der Waals surface area contributed by atoms with E-state index in [1.54, 1.807) is 0 Å². The molecule has 1 fully saturated rings. The molecule has 0 bridgehead atoms. The zero-order chi connectivity index (χ0) is 17.9. The molecule has 0 unspecified atom stereocenters. The number of halogens is 1. The van der Waals surface area contributed by atoms with Gasteiger partial charge in [0.15, 0.2) is 17.5 Å². The first-order valence-corrected chi connectivity index (χ1v) is 8.94. The van der Waals surface area contributed by atoms with Gasteiger partial charge in [-0.25, -0.2) is 9.38 Å². The molecule has 1 saturated carbocycles. The summed E-state index contributed by atoms with van der Waals surface area (Å²) >= 11 is 0. The molecule has 1 heterocycles. The quantitative estimate of drug-likeness (QED) is 0.647. The molecular weight excluding hydrogens is 333 g/mol. The minimum Gasteiger partial charge on any atom is -0.490 e. The van der Waals surface area contributed by atoms with Gasteiger partial charge in [-0.1, -0.05) is 12.1 Å². The van der Waals surface area contributed by atoms with Gasteiger partial charge < -0.3 is 20.5 Å². The largest absolute Gasteiger partial charge is 0.490 e. The highest BCUT2D eigenvalue weighted by molar-refractivity contribution is 5.92. The Hall–Kier alpha value is -2.76. The Morgan fingerprint density at radius 2 is 1.92 bits per heavy atom. The highest BCUT2D eigenvalue weighted by Crippen LogP contribution is 2.40. The topological polar surface area (TPSA) is 68.9 Å². The monoisotopic (exact) mass is 355 g/mol. The van der Waals surface area contributed by atoms with Crippen LogP contribution in [-0.2, 0) is 6.54 Å². The Labute approximate surface area is 152 Å². The van der Waals surface area contributed by atoms with Crippen LogP contribution < -0.4 is 20.5 Å². The molecule has 0 atom stereocenters. The van der Waals surface area contributed by atoms with Crippen LogP contribution in [-0.4, -0.2) is 19.2 Å². The summed E-state index contributed by atoms with van der Waals surface area (Å²) in [6.07, 6.45) is 3.22. The van der Waals surface area contributed by atoms with E-state index in [1.807, 2.05) is 30.3 Å². The fourth-order valence-electron chi connectivity index (χ4n) is 2.99. The maximum Gasteiger partial charge on any atom is 0.193 e. The first kappa shape index (κ1) is 16.7. The number of guanidine groups is 1. The van der Waals surface area contributed by atoms with Crippen molar-refractivity contribution >= 4 is 11.6 Å². The standard InChI is InChI=1S/C20H22FN3O2/c21-17-6-4-14(13-2-3-13)10-15(17)12-23-20(22)24-16-5-7-18-19(11-16)26-9-1-8-25-18/h4-7,10-11,13H,1-3,8-9,12H2,(H3,22,23,24).